The zero-order chi connectivity index (χ0) is 19.7. The van der Waals surface area contributed by atoms with Crippen molar-refractivity contribution in [2.75, 3.05) is 21.3 Å². The molecular weight excluding hydrogens is 360 g/mol. The van der Waals surface area contributed by atoms with Gasteiger partial charge in [0.2, 0.25) is 11.2 Å². The summed E-state index contributed by atoms with van der Waals surface area (Å²) in [4.78, 5) is 13.4. The fourth-order valence-electron chi connectivity index (χ4n) is 3.21. The van der Waals surface area contributed by atoms with Crippen LogP contribution >= 0.6 is 0 Å². The van der Waals surface area contributed by atoms with Crippen molar-refractivity contribution >= 4 is 11.0 Å². The number of benzene rings is 2. The van der Waals surface area contributed by atoms with Gasteiger partial charge in [-0.25, -0.2) is 0 Å². The van der Waals surface area contributed by atoms with Gasteiger partial charge in [-0.2, -0.15) is 0 Å². The van der Waals surface area contributed by atoms with Gasteiger partial charge in [0.15, 0.2) is 23.0 Å². The molecule has 4 aromatic rings. The summed E-state index contributed by atoms with van der Waals surface area (Å²) in [6.07, 6.45) is 1.53. The number of fused-ring (bicyclic) bond motifs is 1. The molecular formula is C22H18O6. The predicted molar refractivity (Wildman–Crippen MR) is 105 cm³/mol. The number of ether oxygens (including phenoxy) is 3. The first-order valence-electron chi connectivity index (χ1n) is 8.58. The van der Waals surface area contributed by atoms with Crippen LogP contribution in [0.3, 0.4) is 0 Å². The van der Waals surface area contributed by atoms with Crippen LogP contribution in [0, 0.1) is 0 Å². The minimum atomic E-state index is -0.178. The molecule has 0 aliphatic rings. The molecule has 2 heterocycles. The normalized spacial score (nSPS) is 10.8. The van der Waals surface area contributed by atoms with E-state index in [1.54, 1.807) is 42.5 Å². The highest BCUT2D eigenvalue weighted by Crippen LogP contribution is 2.43. The summed E-state index contributed by atoms with van der Waals surface area (Å²) in [5, 5.41) is 0.474. The summed E-state index contributed by atoms with van der Waals surface area (Å²) < 4.78 is 27.9. The van der Waals surface area contributed by atoms with E-state index < -0.39 is 0 Å². The standard InChI is InChI=1S/C22H18O6/c1-24-17-11-13(12-18(25-2)21(17)26-3)19-20(23)14-7-4-5-8-15(14)28-22(19)16-9-6-10-27-16/h4-12H,1-3H3. The van der Waals surface area contributed by atoms with Crippen LogP contribution in [0.4, 0.5) is 0 Å². The first kappa shape index (κ1) is 17.7. The van der Waals surface area contributed by atoms with Crippen molar-refractivity contribution in [2.24, 2.45) is 0 Å². The maximum atomic E-state index is 13.4. The molecule has 0 bridgehead atoms. The number of rotatable bonds is 5. The lowest BCUT2D eigenvalue weighted by molar-refractivity contribution is 0.324. The summed E-state index contributed by atoms with van der Waals surface area (Å²) in [5.41, 5.74) is 1.23. The molecule has 6 heteroatoms. The second kappa shape index (κ2) is 7.15. The fraction of sp³-hybridized carbons (Fsp3) is 0.136. The Balaban J connectivity index is 2.10. The van der Waals surface area contributed by atoms with E-state index >= 15 is 0 Å². The highest BCUT2D eigenvalue weighted by atomic mass is 16.5. The van der Waals surface area contributed by atoms with Crippen molar-refractivity contribution in [1.29, 1.82) is 0 Å². The Hall–Kier alpha value is -3.67. The minimum absolute atomic E-state index is 0.178. The van der Waals surface area contributed by atoms with Crippen LogP contribution in [0.5, 0.6) is 17.2 Å². The Morgan fingerprint density at radius 1 is 0.857 bits per heavy atom. The predicted octanol–water partition coefficient (Wildman–Crippen LogP) is 4.75. The average molecular weight is 378 g/mol. The third-order valence-corrected chi connectivity index (χ3v) is 4.50. The van der Waals surface area contributed by atoms with E-state index in [0.717, 1.165) is 0 Å². The van der Waals surface area contributed by atoms with E-state index in [1.807, 2.05) is 6.07 Å². The molecule has 2 aromatic carbocycles. The van der Waals surface area contributed by atoms with Crippen molar-refractivity contribution in [3.05, 3.63) is 65.0 Å². The molecule has 6 nitrogen and oxygen atoms in total. The van der Waals surface area contributed by atoms with Gasteiger partial charge in [0, 0.05) is 0 Å². The molecule has 2 aromatic heterocycles. The van der Waals surface area contributed by atoms with Gasteiger partial charge in [0.05, 0.1) is 38.5 Å². The molecule has 0 amide bonds. The molecule has 0 saturated carbocycles. The van der Waals surface area contributed by atoms with Crippen LogP contribution in [-0.4, -0.2) is 21.3 Å². The molecule has 0 aliphatic carbocycles. The number of para-hydroxylation sites is 1. The SMILES string of the molecule is COc1cc(-c2c(-c3ccco3)oc3ccccc3c2=O)cc(OC)c1OC. The maximum absolute atomic E-state index is 13.4. The Kier molecular flexibility index (Phi) is 4.53. The van der Waals surface area contributed by atoms with Crippen LogP contribution in [0.15, 0.2) is 68.4 Å². The summed E-state index contributed by atoms with van der Waals surface area (Å²) >= 11 is 0. The van der Waals surface area contributed by atoms with Gasteiger partial charge in [-0.3, -0.25) is 4.79 Å². The molecule has 0 radical (unpaired) electrons. The van der Waals surface area contributed by atoms with Crippen molar-refractivity contribution in [3.8, 4) is 39.9 Å². The Bertz CT molecular complexity index is 1160. The molecule has 142 valence electrons. The lowest BCUT2D eigenvalue weighted by atomic mass is 10.00. The summed E-state index contributed by atoms with van der Waals surface area (Å²) in [6.45, 7) is 0. The zero-order valence-electron chi connectivity index (χ0n) is 15.6. The van der Waals surface area contributed by atoms with E-state index in [2.05, 4.69) is 0 Å². The number of methoxy groups -OCH3 is 3. The lowest BCUT2D eigenvalue weighted by Gasteiger charge is -2.15. The number of furan rings is 1. The van der Waals surface area contributed by atoms with Crippen LogP contribution in [0.2, 0.25) is 0 Å². The van der Waals surface area contributed by atoms with E-state index in [0.29, 0.717) is 50.9 Å². The van der Waals surface area contributed by atoms with Crippen LogP contribution < -0.4 is 19.6 Å². The fourth-order valence-corrected chi connectivity index (χ4v) is 3.21. The summed E-state index contributed by atoms with van der Waals surface area (Å²) in [6, 6.07) is 14.0. The smallest absolute Gasteiger partial charge is 0.203 e. The third-order valence-electron chi connectivity index (χ3n) is 4.50. The summed E-state index contributed by atoms with van der Waals surface area (Å²) in [7, 11) is 4.58. The topological polar surface area (TPSA) is 71.0 Å². The molecule has 0 unspecified atom stereocenters. The van der Waals surface area contributed by atoms with Crippen molar-refractivity contribution in [1.82, 2.24) is 0 Å². The first-order chi connectivity index (χ1) is 13.7. The van der Waals surface area contributed by atoms with E-state index in [-0.39, 0.29) is 5.43 Å². The Morgan fingerprint density at radius 3 is 2.18 bits per heavy atom. The minimum Gasteiger partial charge on any atom is -0.493 e. The van der Waals surface area contributed by atoms with Gasteiger partial charge in [0.1, 0.15) is 5.58 Å². The monoisotopic (exact) mass is 378 g/mol. The van der Waals surface area contributed by atoms with Gasteiger partial charge in [0.25, 0.3) is 0 Å². The number of hydrogen-bond donors (Lipinski definition) is 0. The lowest BCUT2D eigenvalue weighted by Crippen LogP contribution is -2.08. The maximum Gasteiger partial charge on any atom is 0.203 e. The molecule has 0 N–H and O–H groups in total. The zero-order valence-corrected chi connectivity index (χ0v) is 15.6. The van der Waals surface area contributed by atoms with E-state index in [4.69, 9.17) is 23.0 Å². The van der Waals surface area contributed by atoms with Gasteiger partial charge >= 0.3 is 0 Å². The molecule has 0 fully saturated rings. The quantitative estimate of drug-likeness (QED) is 0.499. The number of hydrogen-bond acceptors (Lipinski definition) is 6. The van der Waals surface area contributed by atoms with Gasteiger partial charge < -0.3 is 23.0 Å². The highest BCUT2D eigenvalue weighted by molar-refractivity contribution is 5.89. The Morgan fingerprint density at radius 2 is 1.57 bits per heavy atom. The van der Waals surface area contributed by atoms with Crippen molar-refractivity contribution in [3.63, 3.8) is 0 Å². The Labute approximate surface area is 160 Å². The highest BCUT2D eigenvalue weighted by Gasteiger charge is 2.23. The van der Waals surface area contributed by atoms with E-state index in [9.17, 15) is 4.79 Å². The molecule has 0 spiro atoms. The molecule has 0 saturated heterocycles. The second-order valence-corrected chi connectivity index (χ2v) is 6.02. The van der Waals surface area contributed by atoms with Crippen molar-refractivity contribution < 1.29 is 23.0 Å². The van der Waals surface area contributed by atoms with Gasteiger partial charge in [-0.15, -0.1) is 0 Å². The second-order valence-electron chi connectivity index (χ2n) is 6.02. The van der Waals surface area contributed by atoms with Crippen LogP contribution in [0.1, 0.15) is 0 Å². The van der Waals surface area contributed by atoms with Gasteiger partial charge in [-0.05, 0) is 42.0 Å². The van der Waals surface area contributed by atoms with Gasteiger partial charge in [-0.1, -0.05) is 12.1 Å². The molecule has 28 heavy (non-hydrogen) atoms. The first-order valence-corrected chi connectivity index (χ1v) is 8.58. The van der Waals surface area contributed by atoms with Crippen LogP contribution in [0.25, 0.3) is 33.6 Å². The molecule has 0 aliphatic heterocycles. The molecule has 4 rings (SSSR count). The van der Waals surface area contributed by atoms with E-state index in [1.165, 1.54) is 27.6 Å². The average Bonchev–Trinajstić information content (AvgIpc) is 3.27. The molecule has 0 atom stereocenters. The summed E-state index contributed by atoms with van der Waals surface area (Å²) in [5.74, 6) is 2.11. The third kappa shape index (κ3) is 2.79. The van der Waals surface area contributed by atoms with Crippen molar-refractivity contribution in [2.45, 2.75) is 0 Å². The van der Waals surface area contributed by atoms with Crippen LogP contribution in [-0.2, 0) is 0 Å². The largest absolute Gasteiger partial charge is 0.493 e.